The van der Waals surface area contributed by atoms with Crippen molar-refractivity contribution in [2.24, 2.45) is 0 Å². The predicted octanol–water partition coefficient (Wildman–Crippen LogP) is 3.56. The first-order valence-corrected chi connectivity index (χ1v) is 7.37. The van der Waals surface area contributed by atoms with Crippen molar-refractivity contribution < 1.29 is 5.11 Å². The van der Waals surface area contributed by atoms with Crippen LogP contribution in [-0.2, 0) is 0 Å². The molecule has 0 saturated heterocycles. The molecule has 4 heteroatoms. The molecule has 2 nitrogen and oxygen atoms in total. The number of aliphatic hydroxyl groups is 1. The molecule has 2 atom stereocenters. The Balaban J connectivity index is 0.00000289. The second-order valence-electron chi connectivity index (χ2n) is 4.46. The Hall–Kier alpha value is -0.220. The van der Waals surface area contributed by atoms with Gasteiger partial charge in [-0.3, -0.25) is 0 Å². The van der Waals surface area contributed by atoms with Crippen LogP contribution in [0.3, 0.4) is 0 Å². The monoisotopic (exact) mass is 289 g/mol. The van der Waals surface area contributed by atoms with Crippen molar-refractivity contribution in [3.05, 3.63) is 29.3 Å². The van der Waals surface area contributed by atoms with E-state index in [9.17, 15) is 5.11 Å². The lowest BCUT2D eigenvalue weighted by atomic mass is 10.1. The zero-order valence-electron chi connectivity index (χ0n) is 11.6. The molecule has 1 aromatic carbocycles. The number of halogens is 1. The Labute approximate surface area is 121 Å². The Morgan fingerprint density at radius 3 is 2.56 bits per heavy atom. The minimum absolute atomic E-state index is 0. The number of hydrogen-bond donors (Lipinski definition) is 2. The summed E-state index contributed by atoms with van der Waals surface area (Å²) in [6.45, 7) is 6.98. The molecule has 0 aliphatic carbocycles. The van der Waals surface area contributed by atoms with Crippen LogP contribution in [0.25, 0.3) is 0 Å². The molecule has 0 amide bonds. The van der Waals surface area contributed by atoms with Crippen LogP contribution in [0.2, 0.25) is 0 Å². The van der Waals surface area contributed by atoms with Gasteiger partial charge in [0.2, 0.25) is 0 Å². The summed E-state index contributed by atoms with van der Waals surface area (Å²) < 4.78 is 0. The van der Waals surface area contributed by atoms with Gasteiger partial charge in [-0.05, 0) is 43.7 Å². The average Bonchev–Trinajstić information content (AvgIpc) is 2.35. The molecule has 2 unspecified atom stereocenters. The van der Waals surface area contributed by atoms with Gasteiger partial charge in [0.25, 0.3) is 0 Å². The first kappa shape index (κ1) is 17.8. The van der Waals surface area contributed by atoms with E-state index in [1.54, 1.807) is 11.8 Å². The number of thioether (sulfide) groups is 1. The SMILES string of the molecule is CCC(C)NCC(O)c1ccc(SC)c(C)c1.Cl. The van der Waals surface area contributed by atoms with Crippen LogP contribution >= 0.6 is 24.2 Å². The van der Waals surface area contributed by atoms with E-state index < -0.39 is 6.10 Å². The molecule has 0 spiro atoms. The number of aliphatic hydroxyl groups excluding tert-OH is 1. The molecule has 0 aliphatic rings. The summed E-state index contributed by atoms with van der Waals surface area (Å²) >= 11 is 1.74. The van der Waals surface area contributed by atoms with Gasteiger partial charge in [0.05, 0.1) is 6.10 Å². The Morgan fingerprint density at radius 1 is 1.39 bits per heavy atom. The molecule has 0 saturated carbocycles. The van der Waals surface area contributed by atoms with E-state index in [0.717, 1.165) is 12.0 Å². The molecular weight excluding hydrogens is 266 g/mol. The summed E-state index contributed by atoms with van der Waals surface area (Å²) in [5.41, 5.74) is 2.23. The second-order valence-corrected chi connectivity index (χ2v) is 5.31. The van der Waals surface area contributed by atoms with Crippen molar-refractivity contribution in [3.63, 3.8) is 0 Å². The molecule has 0 radical (unpaired) electrons. The average molecular weight is 290 g/mol. The van der Waals surface area contributed by atoms with Crippen LogP contribution in [0.4, 0.5) is 0 Å². The third kappa shape index (κ3) is 5.19. The highest BCUT2D eigenvalue weighted by Gasteiger charge is 2.09. The lowest BCUT2D eigenvalue weighted by Crippen LogP contribution is -2.29. The van der Waals surface area contributed by atoms with Crippen LogP contribution in [-0.4, -0.2) is 23.9 Å². The van der Waals surface area contributed by atoms with Crippen LogP contribution in [0.15, 0.2) is 23.1 Å². The molecular formula is C14H24ClNOS. The highest BCUT2D eigenvalue weighted by atomic mass is 35.5. The fourth-order valence-corrected chi connectivity index (χ4v) is 2.27. The van der Waals surface area contributed by atoms with Gasteiger partial charge in [0.15, 0.2) is 0 Å². The van der Waals surface area contributed by atoms with E-state index in [4.69, 9.17) is 0 Å². The van der Waals surface area contributed by atoms with Crippen LogP contribution < -0.4 is 5.32 Å². The van der Waals surface area contributed by atoms with Gasteiger partial charge in [-0.25, -0.2) is 0 Å². The molecule has 18 heavy (non-hydrogen) atoms. The summed E-state index contributed by atoms with van der Waals surface area (Å²) in [5.74, 6) is 0. The van der Waals surface area contributed by atoms with E-state index in [1.807, 2.05) is 6.07 Å². The van der Waals surface area contributed by atoms with Crippen molar-refractivity contribution in [1.82, 2.24) is 5.32 Å². The minimum atomic E-state index is -0.418. The largest absolute Gasteiger partial charge is 0.387 e. The number of aryl methyl sites for hydroxylation is 1. The Morgan fingerprint density at radius 2 is 2.06 bits per heavy atom. The third-order valence-corrected chi connectivity index (χ3v) is 3.97. The standard InChI is InChI=1S/C14H23NOS.ClH/c1-5-11(3)15-9-13(16)12-6-7-14(17-4)10(2)8-12;/h6-8,11,13,15-16H,5,9H2,1-4H3;1H. The first-order valence-electron chi connectivity index (χ1n) is 6.14. The zero-order valence-corrected chi connectivity index (χ0v) is 13.2. The van der Waals surface area contributed by atoms with Gasteiger partial charge in [-0.1, -0.05) is 19.1 Å². The van der Waals surface area contributed by atoms with Gasteiger partial charge in [0, 0.05) is 17.5 Å². The first-order chi connectivity index (χ1) is 8.08. The highest BCUT2D eigenvalue weighted by Crippen LogP contribution is 2.23. The third-order valence-electron chi connectivity index (χ3n) is 3.08. The fraction of sp³-hybridized carbons (Fsp3) is 0.571. The molecule has 104 valence electrons. The maximum atomic E-state index is 10.1. The van der Waals surface area contributed by atoms with Crippen LogP contribution in [0.5, 0.6) is 0 Å². The van der Waals surface area contributed by atoms with E-state index in [2.05, 4.69) is 44.5 Å². The summed E-state index contributed by atoms with van der Waals surface area (Å²) in [7, 11) is 0. The van der Waals surface area contributed by atoms with E-state index in [0.29, 0.717) is 12.6 Å². The van der Waals surface area contributed by atoms with Crippen LogP contribution in [0, 0.1) is 6.92 Å². The minimum Gasteiger partial charge on any atom is -0.387 e. The van der Waals surface area contributed by atoms with Gasteiger partial charge >= 0.3 is 0 Å². The van der Waals surface area contributed by atoms with Gasteiger partial charge < -0.3 is 10.4 Å². The van der Waals surface area contributed by atoms with E-state index in [-0.39, 0.29) is 12.4 Å². The van der Waals surface area contributed by atoms with Gasteiger partial charge in [-0.15, -0.1) is 24.2 Å². The number of nitrogens with one attached hydrogen (secondary N) is 1. The molecule has 0 aromatic heterocycles. The van der Waals surface area contributed by atoms with E-state index >= 15 is 0 Å². The van der Waals surface area contributed by atoms with E-state index in [1.165, 1.54) is 10.5 Å². The zero-order chi connectivity index (χ0) is 12.8. The molecule has 0 aliphatic heterocycles. The predicted molar refractivity (Wildman–Crippen MR) is 82.9 cm³/mol. The molecule has 0 bridgehead atoms. The number of rotatable bonds is 6. The summed E-state index contributed by atoms with van der Waals surface area (Å²) in [4.78, 5) is 1.27. The summed E-state index contributed by atoms with van der Waals surface area (Å²) in [6, 6.07) is 6.63. The maximum Gasteiger partial charge on any atom is 0.0914 e. The lowest BCUT2D eigenvalue weighted by Gasteiger charge is -2.17. The fourth-order valence-electron chi connectivity index (χ4n) is 1.68. The molecule has 0 fully saturated rings. The maximum absolute atomic E-state index is 10.1. The van der Waals surface area contributed by atoms with Gasteiger partial charge in [0.1, 0.15) is 0 Å². The topological polar surface area (TPSA) is 32.3 Å². The van der Waals surface area contributed by atoms with Crippen molar-refractivity contribution >= 4 is 24.2 Å². The van der Waals surface area contributed by atoms with Gasteiger partial charge in [-0.2, -0.15) is 0 Å². The highest BCUT2D eigenvalue weighted by molar-refractivity contribution is 7.98. The normalized spacial score (nSPS) is 13.8. The quantitative estimate of drug-likeness (QED) is 0.786. The molecule has 1 aromatic rings. The Kier molecular flexibility index (Phi) is 8.70. The smallest absolute Gasteiger partial charge is 0.0914 e. The van der Waals surface area contributed by atoms with Crippen molar-refractivity contribution in [1.29, 1.82) is 0 Å². The molecule has 1 rings (SSSR count). The number of hydrogen-bond acceptors (Lipinski definition) is 3. The lowest BCUT2D eigenvalue weighted by molar-refractivity contribution is 0.170. The van der Waals surface area contributed by atoms with Crippen molar-refractivity contribution in [3.8, 4) is 0 Å². The van der Waals surface area contributed by atoms with Crippen molar-refractivity contribution in [2.75, 3.05) is 12.8 Å². The Bertz CT molecular complexity index is 360. The van der Waals surface area contributed by atoms with Crippen molar-refractivity contribution in [2.45, 2.75) is 44.2 Å². The van der Waals surface area contributed by atoms with Crippen LogP contribution in [0.1, 0.15) is 37.5 Å². The molecule has 0 heterocycles. The number of benzene rings is 1. The summed E-state index contributed by atoms with van der Waals surface area (Å²) in [6.07, 6.45) is 2.73. The second kappa shape index (κ2) is 8.81. The summed E-state index contributed by atoms with van der Waals surface area (Å²) in [5, 5.41) is 13.4. The molecule has 2 N–H and O–H groups in total.